The first kappa shape index (κ1) is 23.2. The van der Waals surface area contributed by atoms with Crippen LogP contribution in [0.2, 0.25) is 0 Å². The molecule has 2 amide bonds. The number of rotatable bonds is 10. The lowest BCUT2D eigenvalue weighted by atomic mass is 10.0. The summed E-state index contributed by atoms with van der Waals surface area (Å²) < 4.78 is 0. The average molecular weight is 362 g/mol. The van der Waals surface area contributed by atoms with Crippen molar-refractivity contribution in [1.29, 1.82) is 0 Å². The molecule has 1 rings (SSSR count). The maximum Gasteiger partial charge on any atom is 0.223 e. The van der Waals surface area contributed by atoms with Crippen molar-refractivity contribution in [2.24, 2.45) is 0 Å². The molecule has 0 bridgehead atoms. The van der Waals surface area contributed by atoms with Gasteiger partial charge in [-0.15, -0.1) is 12.4 Å². The molecule has 0 radical (unpaired) electrons. The standard InChI is InChI=1S/C18H35N3O2.ClH/c1-4-13-20(14-5-2)17(22)7-8-18(23)21(15-6-3)16-9-11-19-12-10-16;/h16,19H,4-15H2,1-3H3;1H. The molecular formula is C18H36ClN3O2. The van der Waals surface area contributed by atoms with Gasteiger partial charge in [0.05, 0.1) is 0 Å². The summed E-state index contributed by atoms with van der Waals surface area (Å²) in [6.07, 6.45) is 5.67. The lowest BCUT2D eigenvalue weighted by molar-refractivity contribution is -0.138. The summed E-state index contributed by atoms with van der Waals surface area (Å²) in [5, 5.41) is 3.35. The maximum atomic E-state index is 12.6. The molecule has 1 heterocycles. The van der Waals surface area contributed by atoms with Crippen molar-refractivity contribution in [2.45, 2.75) is 71.8 Å². The number of piperidine rings is 1. The quantitative estimate of drug-likeness (QED) is 0.651. The Labute approximate surface area is 153 Å². The molecule has 0 unspecified atom stereocenters. The predicted molar refractivity (Wildman–Crippen MR) is 102 cm³/mol. The van der Waals surface area contributed by atoms with Crippen LogP contribution in [0.25, 0.3) is 0 Å². The normalized spacial score (nSPS) is 14.8. The monoisotopic (exact) mass is 361 g/mol. The van der Waals surface area contributed by atoms with Crippen molar-refractivity contribution in [3.63, 3.8) is 0 Å². The molecule has 0 aliphatic carbocycles. The smallest absolute Gasteiger partial charge is 0.223 e. The number of hydrogen-bond acceptors (Lipinski definition) is 3. The van der Waals surface area contributed by atoms with Crippen LogP contribution in [0, 0.1) is 0 Å². The fourth-order valence-electron chi connectivity index (χ4n) is 3.29. The minimum atomic E-state index is 0. The van der Waals surface area contributed by atoms with Crippen LogP contribution >= 0.6 is 12.4 Å². The van der Waals surface area contributed by atoms with Gasteiger partial charge in [0.2, 0.25) is 11.8 Å². The molecule has 1 aliphatic heterocycles. The van der Waals surface area contributed by atoms with E-state index in [0.717, 1.165) is 64.8 Å². The second-order valence-corrected chi connectivity index (χ2v) is 6.45. The second kappa shape index (κ2) is 13.5. The van der Waals surface area contributed by atoms with Crippen molar-refractivity contribution < 1.29 is 9.59 Å². The van der Waals surface area contributed by atoms with Crippen molar-refractivity contribution >= 4 is 24.2 Å². The zero-order chi connectivity index (χ0) is 17.1. The van der Waals surface area contributed by atoms with E-state index in [9.17, 15) is 9.59 Å². The first-order valence-corrected chi connectivity index (χ1v) is 9.41. The summed E-state index contributed by atoms with van der Waals surface area (Å²) in [5.41, 5.74) is 0. The zero-order valence-corrected chi connectivity index (χ0v) is 16.5. The van der Waals surface area contributed by atoms with E-state index in [1.54, 1.807) is 0 Å². The van der Waals surface area contributed by atoms with Gasteiger partial charge in [0.1, 0.15) is 0 Å². The van der Waals surface area contributed by atoms with Gasteiger partial charge in [-0.2, -0.15) is 0 Å². The molecule has 0 aromatic carbocycles. The third kappa shape index (κ3) is 7.84. The second-order valence-electron chi connectivity index (χ2n) is 6.45. The van der Waals surface area contributed by atoms with E-state index >= 15 is 0 Å². The third-order valence-electron chi connectivity index (χ3n) is 4.43. The Bertz CT molecular complexity index is 354. The van der Waals surface area contributed by atoms with E-state index in [-0.39, 0.29) is 24.2 Å². The van der Waals surface area contributed by atoms with Crippen LogP contribution in [-0.4, -0.2) is 60.4 Å². The molecule has 0 aromatic rings. The van der Waals surface area contributed by atoms with E-state index in [0.29, 0.717) is 18.9 Å². The van der Waals surface area contributed by atoms with Crippen molar-refractivity contribution in [1.82, 2.24) is 15.1 Å². The maximum absolute atomic E-state index is 12.6. The van der Waals surface area contributed by atoms with Crippen molar-refractivity contribution in [2.75, 3.05) is 32.7 Å². The van der Waals surface area contributed by atoms with Crippen LogP contribution in [0.5, 0.6) is 0 Å². The van der Waals surface area contributed by atoms with Gasteiger partial charge < -0.3 is 15.1 Å². The Hall–Kier alpha value is -0.810. The molecule has 0 aromatic heterocycles. The summed E-state index contributed by atoms with van der Waals surface area (Å²) in [6.45, 7) is 10.7. The van der Waals surface area contributed by atoms with E-state index < -0.39 is 0 Å². The van der Waals surface area contributed by atoms with Crippen LogP contribution in [0.4, 0.5) is 0 Å². The molecule has 0 spiro atoms. The van der Waals surface area contributed by atoms with Crippen LogP contribution < -0.4 is 5.32 Å². The molecule has 6 heteroatoms. The summed E-state index contributed by atoms with van der Waals surface area (Å²) in [5.74, 6) is 0.281. The minimum absolute atomic E-state index is 0. The fourth-order valence-corrected chi connectivity index (χ4v) is 3.29. The third-order valence-corrected chi connectivity index (χ3v) is 4.43. The highest BCUT2D eigenvalue weighted by Crippen LogP contribution is 2.15. The fraction of sp³-hybridized carbons (Fsp3) is 0.889. The zero-order valence-electron chi connectivity index (χ0n) is 15.7. The van der Waals surface area contributed by atoms with Crippen LogP contribution in [0.3, 0.4) is 0 Å². The Morgan fingerprint density at radius 1 is 0.875 bits per heavy atom. The molecule has 142 valence electrons. The van der Waals surface area contributed by atoms with E-state index in [4.69, 9.17) is 0 Å². The summed E-state index contributed by atoms with van der Waals surface area (Å²) in [4.78, 5) is 28.9. The van der Waals surface area contributed by atoms with Gasteiger partial charge in [0.15, 0.2) is 0 Å². The van der Waals surface area contributed by atoms with E-state index in [2.05, 4.69) is 26.1 Å². The van der Waals surface area contributed by atoms with E-state index in [1.807, 2.05) is 9.80 Å². The molecule has 1 saturated heterocycles. The highest BCUT2D eigenvalue weighted by Gasteiger charge is 2.25. The molecule has 0 atom stereocenters. The number of carbonyl (C=O) groups is 2. The van der Waals surface area contributed by atoms with Crippen molar-refractivity contribution in [3.05, 3.63) is 0 Å². The average Bonchev–Trinajstić information content (AvgIpc) is 2.57. The highest BCUT2D eigenvalue weighted by atomic mass is 35.5. The lowest BCUT2D eigenvalue weighted by Crippen LogP contribution is -2.46. The number of halogens is 1. The summed E-state index contributed by atoms with van der Waals surface area (Å²) in [7, 11) is 0. The van der Waals surface area contributed by atoms with Gasteiger partial charge >= 0.3 is 0 Å². The Balaban J connectivity index is 0.00000529. The topological polar surface area (TPSA) is 52.7 Å². The van der Waals surface area contributed by atoms with Crippen LogP contribution in [0.15, 0.2) is 0 Å². The molecule has 24 heavy (non-hydrogen) atoms. The first-order valence-electron chi connectivity index (χ1n) is 9.41. The van der Waals surface area contributed by atoms with Gasteiger partial charge in [-0.25, -0.2) is 0 Å². The highest BCUT2D eigenvalue weighted by molar-refractivity contribution is 5.85. The molecule has 1 fully saturated rings. The largest absolute Gasteiger partial charge is 0.343 e. The molecule has 1 aliphatic rings. The first-order chi connectivity index (χ1) is 11.1. The number of hydrogen-bond donors (Lipinski definition) is 1. The molecule has 0 saturated carbocycles. The van der Waals surface area contributed by atoms with E-state index in [1.165, 1.54) is 0 Å². The molecular weight excluding hydrogens is 326 g/mol. The number of amides is 2. The summed E-state index contributed by atoms with van der Waals surface area (Å²) in [6, 6.07) is 0.348. The predicted octanol–water partition coefficient (Wildman–Crippen LogP) is 2.83. The number of carbonyl (C=O) groups excluding carboxylic acids is 2. The van der Waals surface area contributed by atoms with Gasteiger partial charge in [-0.05, 0) is 45.2 Å². The Kier molecular flexibility index (Phi) is 13.0. The SMILES string of the molecule is CCCN(CCC)C(=O)CCC(=O)N(CCC)C1CCNCC1.Cl. The molecule has 1 N–H and O–H groups in total. The number of nitrogens with one attached hydrogen (secondary N) is 1. The van der Waals surface area contributed by atoms with Crippen molar-refractivity contribution in [3.8, 4) is 0 Å². The van der Waals surface area contributed by atoms with Crippen LogP contribution in [-0.2, 0) is 9.59 Å². The van der Waals surface area contributed by atoms with Gasteiger partial charge in [0.25, 0.3) is 0 Å². The minimum Gasteiger partial charge on any atom is -0.343 e. The Morgan fingerprint density at radius 2 is 1.38 bits per heavy atom. The van der Waals surface area contributed by atoms with Gasteiger partial charge in [-0.3, -0.25) is 9.59 Å². The molecule has 5 nitrogen and oxygen atoms in total. The lowest BCUT2D eigenvalue weighted by Gasteiger charge is -2.35. The van der Waals surface area contributed by atoms with Gasteiger partial charge in [-0.1, -0.05) is 20.8 Å². The van der Waals surface area contributed by atoms with Crippen LogP contribution in [0.1, 0.15) is 65.7 Å². The van der Waals surface area contributed by atoms with Gasteiger partial charge in [0, 0.05) is 38.5 Å². The summed E-state index contributed by atoms with van der Waals surface area (Å²) >= 11 is 0. The Morgan fingerprint density at radius 3 is 1.88 bits per heavy atom. The number of nitrogens with zero attached hydrogens (tertiary/aromatic N) is 2.